The van der Waals surface area contributed by atoms with Crippen LogP contribution >= 0.6 is 0 Å². The molecule has 0 aliphatic carbocycles. The lowest BCUT2D eigenvalue weighted by Crippen LogP contribution is -2.09. The first-order valence-electron chi connectivity index (χ1n) is 6.83. The summed E-state index contributed by atoms with van der Waals surface area (Å²) in [6.45, 7) is 2.42. The number of hydrogen-bond acceptors (Lipinski definition) is 6. The first kappa shape index (κ1) is 14.8. The number of para-hydroxylation sites is 1. The molecule has 3 rings (SSSR count). The Morgan fingerprint density at radius 1 is 0.913 bits per heavy atom. The van der Waals surface area contributed by atoms with E-state index in [0.29, 0.717) is 11.0 Å². The minimum atomic E-state index is -0.623. The van der Waals surface area contributed by atoms with Crippen LogP contribution in [0.2, 0.25) is 0 Å². The van der Waals surface area contributed by atoms with Gasteiger partial charge in [0, 0.05) is 13.8 Å². The first-order valence-corrected chi connectivity index (χ1v) is 6.83. The van der Waals surface area contributed by atoms with Gasteiger partial charge in [-0.25, -0.2) is 0 Å². The highest BCUT2D eigenvalue weighted by molar-refractivity contribution is 5.95. The third-order valence-electron chi connectivity index (χ3n) is 3.16. The summed E-state index contributed by atoms with van der Waals surface area (Å²) in [4.78, 5) is 35.1. The van der Waals surface area contributed by atoms with Gasteiger partial charge in [0.25, 0.3) is 0 Å². The Morgan fingerprint density at radius 2 is 1.61 bits per heavy atom. The average Bonchev–Trinajstić information content (AvgIpc) is 2.49. The lowest BCUT2D eigenvalue weighted by atomic mass is 10.1. The van der Waals surface area contributed by atoms with Gasteiger partial charge in [0.15, 0.2) is 11.3 Å². The smallest absolute Gasteiger partial charge is 0.308 e. The van der Waals surface area contributed by atoms with Crippen molar-refractivity contribution in [2.24, 2.45) is 0 Å². The third kappa shape index (κ3) is 2.66. The highest BCUT2D eigenvalue weighted by Crippen LogP contribution is 2.36. The van der Waals surface area contributed by atoms with E-state index in [1.807, 2.05) is 0 Å². The van der Waals surface area contributed by atoms with Gasteiger partial charge in [-0.1, -0.05) is 12.1 Å². The minimum Gasteiger partial charge on any atom is -0.452 e. The lowest BCUT2D eigenvalue weighted by Gasteiger charge is -2.11. The van der Waals surface area contributed by atoms with E-state index in [0.717, 1.165) is 0 Å². The van der Waals surface area contributed by atoms with Gasteiger partial charge in [-0.3, -0.25) is 14.4 Å². The monoisotopic (exact) mass is 312 g/mol. The molecule has 116 valence electrons. The zero-order valence-corrected chi connectivity index (χ0v) is 12.4. The van der Waals surface area contributed by atoms with Crippen molar-refractivity contribution in [3.05, 3.63) is 46.6 Å². The van der Waals surface area contributed by atoms with E-state index >= 15 is 0 Å². The molecule has 0 spiro atoms. The molecular formula is C17H12O6. The summed E-state index contributed by atoms with van der Waals surface area (Å²) in [5, 5.41) is 0.643. The predicted molar refractivity (Wildman–Crippen MR) is 82.6 cm³/mol. The van der Waals surface area contributed by atoms with E-state index in [1.165, 1.54) is 26.0 Å². The summed E-state index contributed by atoms with van der Waals surface area (Å²) in [5.74, 6) is -1.28. The molecule has 6 heteroatoms. The molecule has 0 radical (unpaired) electrons. The molecule has 0 saturated carbocycles. The van der Waals surface area contributed by atoms with Crippen LogP contribution in [0.1, 0.15) is 13.8 Å². The van der Waals surface area contributed by atoms with E-state index in [4.69, 9.17) is 13.9 Å². The molecule has 3 aromatic rings. The Morgan fingerprint density at radius 3 is 2.30 bits per heavy atom. The van der Waals surface area contributed by atoms with Crippen LogP contribution in [-0.4, -0.2) is 11.9 Å². The SMILES string of the molecule is CC(=O)Oc1ccc2c(=O)c3ccccc3oc2c1OC(C)=O. The van der Waals surface area contributed by atoms with Crippen molar-refractivity contribution in [1.29, 1.82) is 0 Å². The fourth-order valence-corrected chi connectivity index (χ4v) is 2.30. The summed E-state index contributed by atoms with van der Waals surface area (Å²) < 4.78 is 15.9. The molecule has 0 saturated heterocycles. The van der Waals surface area contributed by atoms with Crippen LogP contribution in [0.25, 0.3) is 21.9 Å². The summed E-state index contributed by atoms with van der Waals surface area (Å²) in [5.41, 5.74) is 0.144. The molecule has 1 heterocycles. The number of carbonyl (C=O) groups excluding carboxylic acids is 2. The number of carbonyl (C=O) groups is 2. The Kier molecular flexibility index (Phi) is 3.57. The molecule has 0 N–H and O–H groups in total. The molecule has 0 bridgehead atoms. The zero-order chi connectivity index (χ0) is 16.6. The van der Waals surface area contributed by atoms with Crippen molar-refractivity contribution in [2.45, 2.75) is 13.8 Å². The Bertz CT molecular complexity index is 999. The van der Waals surface area contributed by atoms with E-state index in [-0.39, 0.29) is 27.9 Å². The summed E-state index contributed by atoms with van der Waals surface area (Å²) >= 11 is 0. The number of ether oxygens (including phenoxy) is 2. The van der Waals surface area contributed by atoms with E-state index in [1.54, 1.807) is 24.3 Å². The number of fused-ring (bicyclic) bond motifs is 2. The fourth-order valence-electron chi connectivity index (χ4n) is 2.30. The Balaban J connectivity index is 2.40. The van der Waals surface area contributed by atoms with Crippen molar-refractivity contribution in [1.82, 2.24) is 0 Å². The standard InChI is InChI=1S/C17H12O6/c1-9(18)21-14-8-7-12-15(20)11-5-3-4-6-13(11)23-16(12)17(14)22-10(2)19/h3-8H,1-2H3. The van der Waals surface area contributed by atoms with E-state index in [9.17, 15) is 14.4 Å². The van der Waals surface area contributed by atoms with Crippen LogP contribution in [0.15, 0.2) is 45.6 Å². The second kappa shape index (κ2) is 5.57. The second-order valence-electron chi connectivity index (χ2n) is 4.88. The van der Waals surface area contributed by atoms with Crippen molar-refractivity contribution < 1.29 is 23.5 Å². The maximum absolute atomic E-state index is 12.6. The summed E-state index contributed by atoms with van der Waals surface area (Å²) in [6, 6.07) is 9.59. The molecule has 23 heavy (non-hydrogen) atoms. The van der Waals surface area contributed by atoms with Crippen LogP contribution < -0.4 is 14.9 Å². The summed E-state index contributed by atoms with van der Waals surface area (Å²) in [6.07, 6.45) is 0. The quantitative estimate of drug-likeness (QED) is 0.411. The zero-order valence-electron chi connectivity index (χ0n) is 12.4. The summed E-state index contributed by atoms with van der Waals surface area (Å²) in [7, 11) is 0. The molecule has 0 atom stereocenters. The highest BCUT2D eigenvalue weighted by Gasteiger charge is 2.19. The van der Waals surface area contributed by atoms with E-state index < -0.39 is 11.9 Å². The first-order chi connectivity index (χ1) is 11.0. The molecule has 2 aromatic carbocycles. The maximum Gasteiger partial charge on any atom is 0.308 e. The predicted octanol–water partition coefficient (Wildman–Crippen LogP) is 2.80. The van der Waals surface area contributed by atoms with Crippen molar-refractivity contribution >= 4 is 33.9 Å². The maximum atomic E-state index is 12.6. The van der Waals surface area contributed by atoms with Crippen molar-refractivity contribution in [2.75, 3.05) is 0 Å². The lowest BCUT2D eigenvalue weighted by molar-refractivity contribution is -0.134. The number of hydrogen-bond donors (Lipinski definition) is 0. The van der Waals surface area contributed by atoms with Crippen LogP contribution in [0.3, 0.4) is 0 Å². The van der Waals surface area contributed by atoms with E-state index in [2.05, 4.69) is 0 Å². The Hall–Kier alpha value is -3.15. The van der Waals surface area contributed by atoms with Gasteiger partial charge in [-0.15, -0.1) is 0 Å². The van der Waals surface area contributed by atoms with Gasteiger partial charge in [0.1, 0.15) is 5.58 Å². The topological polar surface area (TPSA) is 82.8 Å². The molecule has 0 fully saturated rings. The van der Waals surface area contributed by atoms with Gasteiger partial charge >= 0.3 is 11.9 Å². The largest absolute Gasteiger partial charge is 0.452 e. The Labute approximate surface area is 130 Å². The number of benzene rings is 2. The highest BCUT2D eigenvalue weighted by atomic mass is 16.6. The molecule has 0 unspecified atom stereocenters. The van der Waals surface area contributed by atoms with Crippen molar-refractivity contribution in [3.63, 3.8) is 0 Å². The van der Waals surface area contributed by atoms with Crippen LogP contribution in [0.4, 0.5) is 0 Å². The number of esters is 2. The number of rotatable bonds is 2. The van der Waals surface area contributed by atoms with Gasteiger partial charge in [0.2, 0.25) is 11.2 Å². The average molecular weight is 312 g/mol. The van der Waals surface area contributed by atoms with Crippen LogP contribution in [0, 0.1) is 0 Å². The van der Waals surface area contributed by atoms with Gasteiger partial charge in [-0.05, 0) is 24.3 Å². The van der Waals surface area contributed by atoms with Gasteiger partial charge in [0.05, 0.1) is 10.8 Å². The van der Waals surface area contributed by atoms with Crippen molar-refractivity contribution in [3.8, 4) is 11.5 Å². The molecule has 6 nitrogen and oxygen atoms in total. The molecular weight excluding hydrogens is 300 g/mol. The van der Waals surface area contributed by atoms with Gasteiger partial charge in [-0.2, -0.15) is 0 Å². The van der Waals surface area contributed by atoms with Gasteiger partial charge < -0.3 is 13.9 Å². The normalized spacial score (nSPS) is 10.7. The molecule has 1 aromatic heterocycles. The fraction of sp³-hybridized carbons (Fsp3) is 0.118. The van der Waals surface area contributed by atoms with Crippen LogP contribution in [0.5, 0.6) is 11.5 Å². The third-order valence-corrected chi connectivity index (χ3v) is 3.16. The molecule has 0 amide bonds. The van der Waals surface area contributed by atoms with Crippen LogP contribution in [-0.2, 0) is 9.59 Å². The minimum absolute atomic E-state index is 0.0126. The second-order valence-corrected chi connectivity index (χ2v) is 4.88. The molecule has 0 aliphatic heterocycles. The molecule has 0 aliphatic rings.